The standard InChI is InChI=1S/C22H25ClN2O/c23-20-8-6-19(7-9-20)22(11-12-22)21(26)25-16-14-24(15-17-25)13-10-18-4-2-1-3-5-18/h1-9H,10-17H2. The zero-order valence-electron chi connectivity index (χ0n) is 15.0. The van der Waals surface area contributed by atoms with Gasteiger partial charge in [-0.05, 0) is 42.5 Å². The van der Waals surface area contributed by atoms with Gasteiger partial charge in [-0.3, -0.25) is 9.69 Å². The van der Waals surface area contributed by atoms with Crippen LogP contribution in [0.5, 0.6) is 0 Å². The van der Waals surface area contributed by atoms with Crippen LogP contribution in [0.2, 0.25) is 5.02 Å². The predicted molar refractivity (Wildman–Crippen MR) is 106 cm³/mol. The molecule has 0 N–H and O–H groups in total. The van der Waals surface area contributed by atoms with Gasteiger partial charge in [-0.25, -0.2) is 0 Å². The van der Waals surface area contributed by atoms with Crippen LogP contribution in [-0.2, 0) is 16.6 Å². The molecule has 4 rings (SSSR count). The number of carbonyl (C=O) groups excluding carboxylic acids is 1. The van der Waals surface area contributed by atoms with E-state index in [1.54, 1.807) is 0 Å². The normalized spacial score (nSPS) is 19.3. The second-order valence-electron chi connectivity index (χ2n) is 7.46. The number of rotatable bonds is 5. The fraction of sp³-hybridized carbons (Fsp3) is 0.409. The number of halogens is 1. The lowest BCUT2D eigenvalue weighted by Gasteiger charge is -2.36. The van der Waals surface area contributed by atoms with Gasteiger partial charge >= 0.3 is 0 Å². The number of hydrogen-bond acceptors (Lipinski definition) is 2. The van der Waals surface area contributed by atoms with E-state index in [1.807, 2.05) is 24.3 Å². The fourth-order valence-electron chi connectivity index (χ4n) is 3.93. The molecule has 0 bridgehead atoms. The van der Waals surface area contributed by atoms with E-state index in [1.165, 1.54) is 5.56 Å². The van der Waals surface area contributed by atoms with Crippen LogP contribution < -0.4 is 0 Å². The van der Waals surface area contributed by atoms with E-state index in [4.69, 9.17) is 11.6 Å². The van der Waals surface area contributed by atoms with Crippen molar-refractivity contribution in [1.29, 1.82) is 0 Å². The van der Waals surface area contributed by atoms with Crippen molar-refractivity contribution in [3.05, 3.63) is 70.7 Å². The van der Waals surface area contributed by atoms with Crippen molar-refractivity contribution in [2.24, 2.45) is 0 Å². The van der Waals surface area contributed by atoms with Gasteiger partial charge in [0.2, 0.25) is 5.91 Å². The third-order valence-electron chi connectivity index (χ3n) is 5.78. The van der Waals surface area contributed by atoms with Crippen LogP contribution in [0.4, 0.5) is 0 Å². The molecule has 2 aliphatic rings. The molecule has 26 heavy (non-hydrogen) atoms. The highest BCUT2D eigenvalue weighted by atomic mass is 35.5. The van der Waals surface area contributed by atoms with Gasteiger partial charge in [0.05, 0.1) is 5.41 Å². The minimum Gasteiger partial charge on any atom is -0.339 e. The van der Waals surface area contributed by atoms with Crippen LogP contribution in [0, 0.1) is 0 Å². The Morgan fingerprint density at radius 2 is 1.58 bits per heavy atom. The van der Waals surface area contributed by atoms with Gasteiger partial charge < -0.3 is 4.90 Å². The zero-order valence-corrected chi connectivity index (χ0v) is 15.8. The van der Waals surface area contributed by atoms with Gasteiger partial charge in [0, 0.05) is 37.7 Å². The third kappa shape index (κ3) is 3.65. The molecule has 2 aromatic rings. The summed E-state index contributed by atoms with van der Waals surface area (Å²) in [7, 11) is 0. The van der Waals surface area contributed by atoms with E-state index in [-0.39, 0.29) is 5.41 Å². The van der Waals surface area contributed by atoms with Gasteiger partial charge in [0.15, 0.2) is 0 Å². The Kier molecular flexibility index (Phi) is 5.01. The van der Waals surface area contributed by atoms with E-state index in [9.17, 15) is 4.79 Å². The van der Waals surface area contributed by atoms with Crippen LogP contribution in [0.1, 0.15) is 24.0 Å². The molecule has 1 heterocycles. The van der Waals surface area contributed by atoms with Crippen LogP contribution in [0.25, 0.3) is 0 Å². The largest absolute Gasteiger partial charge is 0.339 e. The summed E-state index contributed by atoms with van der Waals surface area (Å²) in [4.78, 5) is 17.7. The Hall–Kier alpha value is -1.84. The summed E-state index contributed by atoms with van der Waals surface area (Å²) in [6.45, 7) is 4.67. The zero-order chi connectivity index (χ0) is 18.0. The summed E-state index contributed by atoms with van der Waals surface area (Å²) in [5.41, 5.74) is 2.22. The first kappa shape index (κ1) is 17.6. The van der Waals surface area contributed by atoms with Gasteiger partial charge in [-0.15, -0.1) is 0 Å². The first-order valence-corrected chi connectivity index (χ1v) is 9.87. The maximum absolute atomic E-state index is 13.1. The molecule has 0 unspecified atom stereocenters. The molecule has 0 atom stereocenters. The highest BCUT2D eigenvalue weighted by Crippen LogP contribution is 2.49. The first-order chi connectivity index (χ1) is 12.7. The Morgan fingerprint density at radius 3 is 2.19 bits per heavy atom. The second kappa shape index (κ2) is 7.42. The van der Waals surface area contributed by atoms with Crippen LogP contribution >= 0.6 is 11.6 Å². The summed E-state index contributed by atoms with van der Waals surface area (Å²) in [6, 6.07) is 18.4. The van der Waals surface area contributed by atoms with Crippen molar-refractivity contribution in [2.75, 3.05) is 32.7 Å². The molecule has 2 aromatic carbocycles. The highest BCUT2D eigenvalue weighted by Gasteiger charge is 2.53. The summed E-state index contributed by atoms with van der Waals surface area (Å²) in [6.07, 6.45) is 2.99. The maximum atomic E-state index is 13.1. The lowest BCUT2D eigenvalue weighted by Crippen LogP contribution is -2.51. The Labute approximate surface area is 160 Å². The van der Waals surface area contributed by atoms with Crippen molar-refractivity contribution in [2.45, 2.75) is 24.7 Å². The monoisotopic (exact) mass is 368 g/mol. The quantitative estimate of drug-likeness (QED) is 0.802. The van der Waals surface area contributed by atoms with Crippen molar-refractivity contribution in [3.63, 3.8) is 0 Å². The number of nitrogens with zero attached hydrogens (tertiary/aromatic N) is 2. The predicted octanol–water partition coefficient (Wildman–Crippen LogP) is 3.76. The Morgan fingerprint density at radius 1 is 0.923 bits per heavy atom. The lowest BCUT2D eigenvalue weighted by molar-refractivity contribution is -0.135. The first-order valence-electron chi connectivity index (χ1n) is 9.49. The van der Waals surface area contributed by atoms with E-state index in [0.29, 0.717) is 5.91 Å². The molecule has 1 aliphatic heterocycles. The van der Waals surface area contributed by atoms with Crippen LogP contribution in [-0.4, -0.2) is 48.4 Å². The molecule has 0 radical (unpaired) electrons. The maximum Gasteiger partial charge on any atom is 0.233 e. The number of piperazine rings is 1. The topological polar surface area (TPSA) is 23.6 Å². The van der Waals surface area contributed by atoms with E-state index >= 15 is 0 Å². The summed E-state index contributed by atoms with van der Waals surface area (Å²) in [5, 5.41) is 0.726. The third-order valence-corrected chi connectivity index (χ3v) is 6.03. The number of hydrogen-bond donors (Lipinski definition) is 0. The molecular weight excluding hydrogens is 344 g/mol. The molecule has 0 aromatic heterocycles. The Balaban J connectivity index is 1.32. The van der Waals surface area contributed by atoms with Crippen molar-refractivity contribution in [3.8, 4) is 0 Å². The summed E-state index contributed by atoms with van der Waals surface area (Å²) in [5.74, 6) is 0.308. The molecule has 1 saturated heterocycles. The summed E-state index contributed by atoms with van der Waals surface area (Å²) >= 11 is 6.00. The molecule has 0 spiro atoms. The number of carbonyl (C=O) groups is 1. The van der Waals surface area contributed by atoms with Crippen molar-refractivity contribution < 1.29 is 4.79 Å². The van der Waals surface area contributed by atoms with Gasteiger partial charge in [0.1, 0.15) is 0 Å². The number of amides is 1. The van der Waals surface area contributed by atoms with Crippen molar-refractivity contribution in [1.82, 2.24) is 9.80 Å². The minimum absolute atomic E-state index is 0.281. The molecule has 1 saturated carbocycles. The van der Waals surface area contributed by atoms with Crippen molar-refractivity contribution >= 4 is 17.5 Å². The van der Waals surface area contributed by atoms with Crippen LogP contribution in [0.3, 0.4) is 0 Å². The molecule has 1 aliphatic carbocycles. The smallest absolute Gasteiger partial charge is 0.233 e. The van der Waals surface area contributed by atoms with E-state index < -0.39 is 0 Å². The molecule has 4 heteroatoms. The SMILES string of the molecule is O=C(N1CCN(CCc2ccccc2)CC1)C1(c2ccc(Cl)cc2)CC1. The van der Waals surface area contributed by atoms with E-state index in [2.05, 4.69) is 40.1 Å². The molecule has 1 amide bonds. The molecule has 2 fully saturated rings. The van der Waals surface area contributed by atoms with Gasteiger partial charge in [-0.2, -0.15) is 0 Å². The Bertz CT molecular complexity index is 747. The van der Waals surface area contributed by atoms with Crippen LogP contribution in [0.15, 0.2) is 54.6 Å². The highest BCUT2D eigenvalue weighted by molar-refractivity contribution is 6.30. The fourth-order valence-corrected chi connectivity index (χ4v) is 4.06. The molecule has 3 nitrogen and oxygen atoms in total. The second-order valence-corrected chi connectivity index (χ2v) is 7.89. The minimum atomic E-state index is -0.281. The average molecular weight is 369 g/mol. The lowest BCUT2D eigenvalue weighted by atomic mass is 9.94. The molecule has 136 valence electrons. The van der Waals surface area contributed by atoms with Gasteiger partial charge in [0.25, 0.3) is 0 Å². The van der Waals surface area contributed by atoms with Gasteiger partial charge in [-0.1, -0.05) is 54.1 Å². The average Bonchev–Trinajstić information content (AvgIpc) is 3.49. The number of benzene rings is 2. The van der Waals surface area contributed by atoms with E-state index in [0.717, 1.165) is 62.6 Å². The summed E-state index contributed by atoms with van der Waals surface area (Å²) < 4.78 is 0. The molecular formula is C22H25ClN2O.